The number of pyridine rings is 1. The maximum absolute atomic E-state index is 4.57. The van der Waals surface area contributed by atoms with E-state index in [1.165, 1.54) is 5.56 Å². The third-order valence-corrected chi connectivity index (χ3v) is 3.66. The monoisotopic (exact) mass is 287 g/mol. The van der Waals surface area contributed by atoms with Gasteiger partial charge in [-0.1, -0.05) is 13.0 Å². The lowest BCUT2D eigenvalue weighted by Gasteiger charge is -2.19. The molecule has 114 valence electrons. The summed E-state index contributed by atoms with van der Waals surface area (Å²) in [6, 6.07) is 4.55. The zero-order valence-corrected chi connectivity index (χ0v) is 13.4. The third-order valence-electron chi connectivity index (χ3n) is 3.66. The Morgan fingerprint density at radius 2 is 2.14 bits per heavy atom. The molecule has 2 heterocycles. The minimum Gasteiger partial charge on any atom is -0.352 e. The molecule has 5 heteroatoms. The van der Waals surface area contributed by atoms with E-state index in [1.54, 1.807) is 0 Å². The average molecular weight is 287 g/mol. The maximum Gasteiger partial charge on any atom is 0.128 e. The molecule has 0 aromatic carbocycles. The second-order valence-electron chi connectivity index (χ2n) is 5.44. The van der Waals surface area contributed by atoms with E-state index >= 15 is 0 Å². The predicted octanol–water partition coefficient (Wildman–Crippen LogP) is 2.51. The third kappa shape index (κ3) is 4.04. The number of rotatable bonds is 7. The molecule has 0 amide bonds. The minimum atomic E-state index is 0.339. The van der Waals surface area contributed by atoms with Gasteiger partial charge >= 0.3 is 0 Å². The van der Waals surface area contributed by atoms with Crippen molar-refractivity contribution in [2.24, 2.45) is 7.05 Å². The van der Waals surface area contributed by atoms with Crippen LogP contribution in [0.2, 0.25) is 0 Å². The van der Waals surface area contributed by atoms with Gasteiger partial charge in [-0.05, 0) is 31.5 Å². The molecule has 2 rings (SSSR count). The summed E-state index contributed by atoms with van der Waals surface area (Å²) >= 11 is 0. The Morgan fingerprint density at radius 1 is 1.33 bits per heavy atom. The second kappa shape index (κ2) is 7.22. The Bertz CT molecular complexity index is 546. The van der Waals surface area contributed by atoms with Crippen LogP contribution < -0.4 is 10.2 Å². The van der Waals surface area contributed by atoms with Crippen molar-refractivity contribution < 1.29 is 0 Å². The number of aromatic nitrogens is 3. The first-order valence-corrected chi connectivity index (χ1v) is 7.48. The number of hydrogen-bond donors (Lipinski definition) is 1. The van der Waals surface area contributed by atoms with E-state index in [0.29, 0.717) is 6.04 Å². The molecule has 1 N–H and O–H groups in total. The van der Waals surface area contributed by atoms with Crippen molar-refractivity contribution in [2.45, 2.75) is 32.9 Å². The van der Waals surface area contributed by atoms with Gasteiger partial charge in [-0.3, -0.25) is 0 Å². The molecule has 21 heavy (non-hydrogen) atoms. The van der Waals surface area contributed by atoms with E-state index in [4.69, 9.17) is 0 Å². The van der Waals surface area contributed by atoms with E-state index in [2.05, 4.69) is 46.2 Å². The number of anilines is 1. The molecular formula is C16H25N5. The van der Waals surface area contributed by atoms with Gasteiger partial charge in [0.2, 0.25) is 0 Å². The smallest absolute Gasteiger partial charge is 0.128 e. The maximum atomic E-state index is 4.57. The summed E-state index contributed by atoms with van der Waals surface area (Å²) in [5.41, 5.74) is 1.22. The van der Waals surface area contributed by atoms with Gasteiger partial charge in [-0.15, -0.1) is 0 Å². The summed E-state index contributed by atoms with van der Waals surface area (Å²) in [5, 5.41) is 3.47. The lowest BCUT2D eigenvalue weighted by molar-refractivity contribution is 0.569. The number of hydrogen-bond acceptors (Lipinski definition) is 4. The predicted molar refractivity (Wildman–Crippen MR) is 86.3 cm³/mol. The van der Waals surface area contributed by atoms with Crippen molar-refractivity contribution in [1.29, 1.82) is 0 Å². The lowest BCUT2D eigenvalue weighted by atomic mass is 10.1. The molecule has 0 bridgehead atoms. The standard InChI is InChI=1S/C16H25N5/c1-5-8-17-13(2)14-6-7-15(19-11-14)21(4)12-16-18-9-10-20(16)3/h6-7,9-11,13,17H,5,8,12H2,1-4H3. The highest BCUT2D eigenvalue weighted by molar-refractivity contribution is 5.39. The molecule has 0 saturated heterocycles. The van der Waals surface area contributed by atoms with Crippen LogP contribution in [0.4, 0.5) is 5.82 Å². The van der Waals surface area contributed by atoms with Crippen molar-refractivity contribution in [1.82, 2.24) is 19.9 Å². The molecule has 2 aromatic heterocycles. The van der Waals surface area contributed by atoms with Crippen LogP contribution in [-0.2, 0) is 13.6 Å². The highest BCUT2D eigenvalue weighted by Crippen LogP contribution is 2.16. The Labute approximate surface area is 127 Å². The molecule has 0 radical (unpaired) electrons. The molecule has 0 aliphatic carbocycles. The molecule has 0 aliphatic rings. The summed E-state index contributed by atoms with van der Waals surface area (Å²) < 4.78 is 2.03. The van der Waals surface area contributed by atoms with Crippen LogP contribution >= 0.6 is 0 Å². The van der Waals surface area contributed by atoms with Crippen LogP contribution in [0.3, 0.4) is 0 Å². The second-order valence-corrected chi connectivity index (χ2v) is 5.44. The summed E-state index contributed by atoms with van der Waals surface area (Å²) in [4.78, 5) is 11.0. The number of nitrogens with one attached hydrogen (secondary N) is 1. The Hall–Kier alpha value is -1.88. The van der Waals surface area contributed by atoms with Gasteiger partial charge in [0.05, 0.1) is 6.54 Å². The van der Waals surface area contributed by atoms with Gasteiger partial charge in [0.25, 0.3) is 0 Å². The highest BCUT2D eigenvalue weighted by atomic mass is 15.2. The van der Waals surface area contributed by atoms with Crippen molar-refractivity contribution in [3.05, 3.63) is 42.1 Å². The van der Waals surface area contributed by atoms with E-state index < -0.39 is 0 Å². The summed E-state index contributed by atoms with van der Waals surface area (Å²) in [5.74, 6) is 1.99. The SMILES string of the molecule is CCCNC(C)c1ccc(N(C)Cc2nccn2C)nc1. The zero-order chi connectivity index (χ0) is 15.2. The summed E-state index contributed by atoms with van der Waals surface area (Å²) in [6.07, 6.45) is 6.88. The molecular weight excluding hydrogens is 262 g/mol. The highest BCUT2D eigenvalue weighted by Gasteiger charge is 2.09. The van der Waals surface area contributed by atoms with Gasteiger partial charge in [0, 0.05) is 38.7 Å². The summed E-state index contributed by atoms with van der Waals surface area (Å²) in [6.45, 7) is 6.12. The van der Waals surface area contributed by atoms with Gasteiger partial charge in [-0.25, -0.2) is 9.97 Å². The lowest BCUT2D eigenvalue weighted by Crippen LogP contribution is -2.21. The van der Waals surface area contributed by atoms with Crippen LogP contribution in [0.1, 0.15) is 37.7 Å². The molecule has 0 saturated carbocycles. The van der Waals surface area contributed by atoms with E-state index in [1.807, 2.05) is 37.3 Å². The van der Waals surface area contributed by atoms with Crippen LogP contribution in [0, 0.1) is 0 Å². The Balaban J connectivity index is 1.99. The van der Waals surface area contributed by atoms with E-state index in [9.17, 15) is 0 Å². The fourth-order valence-electron chi connectivity index (χ4n) is 2.20. The largest absolute Gasteiger partial charge is 0.352 e. The molecule has 1 unspecified atom stereocenters. The van der Waals surface area contributed by atoms with Gasteiger partial charge in [0.15, 0.2) is 0 Å². The Morgan fingerprint density at radius 3 is 2.71 bits per heavy atom. The minimum absolute atomic E-state index is 0.339. The van der Waals surface area contributed by atoms with Crippen molar-refractivity contribution in [3.8, 4) is 0 Å². The first-order valence-electron chi connectivity index (χ1n) is 7.48. The van der Waals surface area contributed by atoms with Crippen LogP contribution in [0.5, 0.6) is 0 Å². The topological polar surface area (TPSA) is 46.0 Å². The molecule has 1 atom stereocenters. The quantitative estimate of drug-likeness (QED) is 0.850. The van der Waals surface area contributed by atoms with Crippen molar-refractivity contribution >= 4 is 5.82 Å². The summed E-state index contributed by atoms with van der Waals surface area (Å²) in [7, 11) is 4.04. The van der Waals surface area contributed by atoms with E-state index in [0.717, 1.165) is 31.2 Å². The number of nitrogens with zero attached hydrogens (tertiary/aromatic N) is 4. The average Bonchev–Trinajstić information content (AvgIpc) is 2.90. The Kier molecular flexibility index (Phi) is 5.33. The van der Waals surface area contributed by atoms with Crippen LogP contribution in [0.15, 0.2) is 30.7 Å². The zero-order valence-electron chi connectivity index (χ0n) is 13.4. The van der Waals surface area contributed by atoms with Gasteiger partial charge in [0.1, 0.15) is 11.6 Å². The van der Waals surface area contributed by atoms with Crippen LogP contribution in [0.25, 0.3) is 0 Å². The van der Waals surface area contributed by atoms with Gasteiger partial charge in [-0.2, -0.15) is 0 Å². The number of aryl methyl sites for hydroxylation is 1. The molecule has 5 nitrogen and oxygen atoms in total. The molecule has 2 aromatic rings. The fraction of sp³-hybridized carbons (Fsp3) is 0.500. The van der Waals surface area contributed by atoms with Crippen molar-refractivity contribution in [3.63, 3.8) is 0 Å². The number of imidazole rings is 1. The van der Waals surface area contributed by atoms with Gasteiger partial charge < -0.3 is 14.8 Å². The molecule has 0 aliphatic heterocycles. The van der Waals surface area contributed by atoms with Crippen molar-refractivity contribution in [2.75, 3.05) is 18.5 Å². The first kappa shape index (κ1) is 15.5. The van der Waals surface area contributed by atoms with Crippen LogP contribution in [-0.4, -0.2) is 28.1 Å². The normalized spacial score (nSPS) is 12.4. The fourth-order valence-corrected chi connectivity index (χ4v) is 2.20. The first-order chi connectivity index (χ1) is 10.1. The molecule has 0 spiro atoms. The molecule has 0 fully saturated rings. The van der Waals surface area contributed by atoms with E-state index in [-0.39, 0.29) is 0 Å².